The molecule has 2 aliphatic heterocycles. The minimum absolute atomic E-state index is 0.102. The maximum atomic E-state index is 12.5. The second-order valence-electron chi connectivity index (χ2n) is 5.06. The van der Waals surface area contributed by atoms with Gasteiger partial charge in [-0.1, -0.05) is 12.1 Å². The number of imide groups is 1. The van der Waals surface area contributed by atoms with E-state index in [0.717, 1.165) is 23.5 Å². The molecule has 1 N–H and O–H groups in total. The summed E-state index contributed by atoms with van der Waals surface area (Å²) in [4.78, 5) is 25.9. The second-order valence-corrected chi connectivity index (χ2v) is 6.16. The van der Waals surface area contributed by atoms with E-state index in [4.69, 9.17) is 4.74 Å². The van der Waals surface area contributed by atoms with E-state index in [1.165, 1.54) is 4.90 Å². The van der Waals surface area contributed by atoms with Crippen LogP contribution in [0, 0.1) is 0 Å². The predicted molar refractivity (Wildman–Crippen MR) is 76.7 cm³/mol. The molecule has 0 aliphatic carbocycles. The van der Waals surface area contributed by atoms with E-state index >= 15 is 0 Å². The molecule has 6 heteroatoms. The van der Waals surface area contributed by atoms with E-state index in [1.54, 1.807) is 18.9 Å². The van der Waals surface area contributed by atoms with Crippen LogP contribution in [0.25, 0.3) is 0 Å². The van der Waals surface area contributed by atoms with Gasteiger partial charge in [-0.3, -0.25) is 9.69 Å². The molecule has 1 atom stereocenters. The molecular formula is C14H16N2O3S. The fourth-order valence-electron chi connectivity index (χ4n) is 2.61. The van der Waals surface area contributed by atoms with E-state index in [1.807, 2.05) is 24.3 Å². The maximum absolute atomic E-state index is 12.5. The number of thioether (sulfide) groups is 1. The molecule has 1 spiro atoms. The summed E-state index contributed by atoms with van der Waals surface area (Å²) in [6.07, 6.45) is 0.719. The first-order valence-corrected chi connectivity index (χ1v) is 7.65. The number of nitrogens with one attached hydrogen (secondary N) is 1. The monoisotopic (exact) mass is 292 g/mol. The van der Waals surface area contributed by atoms with Crippen molar-refractivity contribution in [3.05, 3.63) is 29.8 Å². The molecule has 106 valence electrons. The number of urea groups is 1. The lowest BCUT2D eigenvalue weighted by Gasteiger charge is -2.19. The topological polar surface area (TPSA) is 58.6 Å². The summed E-state index contributed by atoms with van der Waals surface area (Å²) in [6.45, 7) is 0.286. The molecule has 0 radical (unpaired) electrons. The van der Waals surface area contributed by atoms with Gasteiger partial charge >= 0.3 is 6.03 Å². The lowest BCUT2D eigenvalue weighted by molar-refractivity contribution is -0.130. The number of hydrogen-bond acceptors (Lipinski definition) is 4. The average Bonchev–Trinajstić information content (AvgIpc) is 3.01. The molecule has 5 nitrogen and oxygen atoms in total. The van der Waals surface area contributed by atoms with Crippen molar-refractivity contribution in [1.29, 1.82) is 0 Å². The van der Waals surface area contributed by atoms with Crippen molar-refractivity contribution in [2.24, 2.45) is 0 Å². The number of rotatable bonds is 3. The molecule has 0 saturated carbocycles. The molecule has 2 fully saturated rings. The standard InChI is InChI=1S/C14H16N2O3S/c1-19-11-4-2-3-10(7-11)8-16-12(17)14(15-13(16)18)5-6-20-9-14/h2-4,7H,5-6,8-9H2,1H3,(H,15,18)/t14-/m0/s1. The molecule has 2 aliphatic rings. The molecule has 1 aromatic carbocycles. The smallest absolute Gasteiger partial charge is 0.325 e. The van der Waals surface area contributed by atoms with Gasteiger partial charge in [-0.25, -0.2) is 4.79 Å². The molecule has 0 bridgehead atoms. The normalized spacial score (nSPS) is 25.4. The molecule has 0 unspecified atom stereocenters. The molecule has 1 aromatic rings. The lowest BCUT2D eigenvalue weighted by atomic mass is 9.99. The van der Waals surface area contributed by atoms with Crippen LogP contribution in [0.4, 0.5) is 4.79 Å². The van der Waals surface area contributed by atoms with Crippen LogP contribution in [0.5, 0.6) is 5.75 Å². The first kappa shape index (κ1) is 13.3. The number of carbonyl (C=O) groups is 2. The van der Waals surface area contributed by atoms with Crippen molar-refractivity contribution in [3.63, 3.8) is 0 Å². The van der Waals surface area contributed by atoms with Gasteiger partial charge in [-0.2, -0.15) is 11.8 Å². The summed E-state index contributed by atoms with van der Waals surface area (Å²) in [6, 6.07) is 7.13. The molecule has 20 heavy (non-hydrogen) atoms. The van der Waals surface area contributed by atoms with E-state index in [0.29, 0.717) is 5.75 Å². The number of benzene rings is 1. The largest absolute Gasteiger partial charge is 0.497 e. The second kappa shape index (κ2) is 5.01. The summed E-state index contributed by atoms with van der Waals surface area (Å²) >= 11 is 1.71. The van der Waals surface area contributed by atoms with Crippen LogP contribution < -0.4 is 10.1 Å². The Bertz CT molecular complexity index is 555. The number of carbonyl (C=O) groups excluding carboxylic acids is 2. The minimum atomic E-state index is -0.666. The fourth-order valence-corrected chi connectivity index (χ4v) is 3.93. The Morgan fingerprint density at radius 3 is 3.00 bits per heavy atom. The summed E-state index contributed by atoms with van der Waals surface area (Å²) in [5.41, 5.74) is 0.219. The van der Waals surface area contributed by atoms with Crippen LogP contribution in [0.2, 0.25) is 0 Å². The predicted octanol–water partition coefficient (Wildman–Crippen LogP) is 1.62. The minimum Gasteiger partial charge on any atom is -0.497 e. The summed E-state index contributed by atoms with van der Waals surface area (Å²) in [5, 5.41) is 2.86. The first-order valence-electron chi connectivity index (χ1n) is 6.49. The van der Waals surface area contributed by atoms with Crippen LogP contribution >= 0.6 is 11.8 Å². The third-order valence-electron chi connectivity index (χ3n) is 3.74. The average molecular weight is 292 g/mol. The third-order valence-corrected chi connectivity index (χ3v) is 4.93. The highest BCUT2D eigenvalue weighted by Crippen LogP contribution is 2.34. The Labute approximate surface area is 121 Å². The molecule has 2 saturated heterocycles. The molecule has 2 heterocycles. The van der Waals surface area contributed by atoms with Crippen LogP contribution in [0.15, 0.2) is 24.3 Å². The Morgan fingerprint density at radius 2 is 2.30 bits per heavy atom. The number of hydrogen-bond donors (Lipinski definition) is 1. The van der Waals surface area contributed by atoms with Crippen molar-refractivity contribution in [2.45, 2.75) is 18.5 Å². The van der Waals surface area contributed by atoms with Crippen molar-refractivity contribution in [2.75, 3.05) is 18.6 Å². The number of ether oxygens (including phenoxy) is 1. The molecule has 3 amide bonds. The van der Waals surface area contributed by atoms with Gasteiger partial charge in [0.2, 0.25) is 0 Å². The number of amides is 3. The van der Waals surface area contributed by atoms with Crippen LogP contribution in [0.1, 0.15) is 12.0 Å². The van der Waals surface area contributed by atoms with Gasteiger partial charge in [0.1, 0.15) is 11.3 Å². The quantitative estimate of drug-likeness (QED) is 0.860. The third kappa shape index (κ3) is 2.14. The number of methoxy groups -OCH3 is 1. The van der Waals surface area contributed by atoms with E-state index < -0.39 is 5.54 Å². The van der Waals surface area contributed by atoms with Crippen molar-refractivity contribution in [1.82, 2.24) is 10.2 Å². The van der Waals surface area contributed by atoms with Crippen LogP contribution in [0.3, 0.4) is 0 Å². The van der Waals surface area contributed by atoms with Crippen LogP contribution in [-0.2, 0) is 11.3 Å². The first-order chi connectivity index (χ1) is 9.64. The lowest BCUT2D eigenvalue weighted by Crippen LogP contribution is -2.46. The van der Waals surface area contributed by atoms with Gasteiger partial charge in [-0.15, -0.1) is 0 Å². The summed E-state index contributed by atoms with van der Waals surface area (Å²) in [7, 11) is 1.59. The Morgan fingerprint density at radius 1 is 1.45 bits per heavy atom. The maximum Gasteiger partial charge on any atom is 0.325 e. The van der Waals surface area contributed by atoms with Gasteiger partial charge < -0.3 is 10.1 Å². The van der Waals surface area contributed by atoms with E-state index in [9.17, 15) is 9.59 Å². The Hall–Kier alpha value is -1.69. The van der Waals surface area contributed by atoms with Gasteiger partial charge in [0.15, 0.2) is 0 Å². The Kier molecular flexibility index (Phi) is 3.33. The SMILES string of the molecule is COc1cccc(CN2C(=O)N[C@]3(CCSC3)C2=O)c1. The van der Waals surface area contributed by atoms with Gasteiger partial charge in [-0.05, 0) is 29.9 Å². The molecular weight excluding hydrogens is 276 g/mol. The fraction of sp³-hybridized carbons (Fsp3) is 0.429. The van der Waals surface area contributed by atoms with Crippen molar-refractivity contribution in [3.8, 4) is 5.75 Å². The highest BCUT2D eigenvalue weighted by atomic mass is 32.2. The zero-order valence-electron chi connectivity index (χ0n) is 11.2. The van der Waals surface area contributed by atoms with Gasteiger partial charge in [0.25, 0.3) is 5.91 Å². The highest BCUT2D eigenvalue weighted by molar-refractivity contribution is 7.99. The zero-order chi connectivity index (χ0) is 14.2. The van der Waals surface area contributed by atoms with Gasteiger partial charge in [0, 0.05) is 5.75 Å². The molecule has 0 aromatic heterocycles. The Balaban J connectivity index is 1.80. The molecule has 3 rings (SSSR count). The summed E-state index contributed by atoms with van der Waals surface area (Å²) in [5.74, 6) is 2.21. The van der Waals surface area contributed by atoms with E-state index in [-0.39, 0.29) is 18.5 Å². The van der Waals surface area contributed by atoms with Crippen molar-refractivity contribution >= 4 is 23.7 Å². The van der Waals surface area contributed by atoms with Crippen molar-refractivity contribution < 1.29 is 14.3 Å². The highest BCUT2D eigenvalue weighted by Gasteiger charge is 2.52. The summed E-state index contributed by atoms with van der Waals surface area (Å²) < 4.78 is 5.16. The van der Waals surface area contributed by atoms with Crippen LogP contribution in [-0.4, -0.2) is 41.0 Å². The number of nitrogens with zero attached hydrogens (tertiary/aromatic N) is 1. The zero-order valence-corrected chi connectivity index (χ0v) is 12.0. The van der Waals surface area contributed by atoms with E-state index in [2.05, 4.69) is 5.32 Å². The van der Waals surface area contributed by atoms with Gasteiger partial charge in [0.05, 0.1) is 13.7 Å².